The number of benzene rings is 1. The van der Waals surface area contributed by atoms with E-state index in [1.165, 1.54) is 0 Å². The topological polar surface area (TPSA) is 79.9 Å². The summed E-state index contributed by atoms with van der Waals surface area (Å²) in [6.45, 7) is 3.13. The number of amides is 2. The highest BCUT2D eigenvalue weighted by atomic mass is 16.5. The van der Waals surface area contributed by atoms with Crippen LogP contribution in [0.25, 0.3) is 0 Å². The van der Waals surface area contributed by atoms with Crippen molar-refractivity contribution in [3.05, 3.63) is 23.8 Å². The molecular formula is C19H29N3O4. The zero-order chi connectivity index (χ0) is 18.9. The minimum absolute atomic E-state index is 0.0391. The van der Waals surface area contributed by atoms with E-state index >= 15 is 0 Å². The Morgan fingerprint density at radius 2 is 2.08 bits per heavy atom. The van der Waals surface area contributed by atoms with Crippen molar-refractivity contribution < 1.29 is 19.1 Å². The zero-order valence-corrected chi connectivity index (χ0v) is 15.8. The van der Waals surface area contributed by atoms with Crippen LogP contribution in [0.5, 0.6) is 11.5 Å². The smallest absolute Gasteiger partial charge is 0.239 e. The SMILES string of the molecule is CCCC1CC(=O)N(CC(=O)NCCc2ccc(OC)c(OC)c2)CN1. The summed E-state index contributed by atoms with van der Waals surface area (Å²) in [4.78, 5) is 25.8. The van der Waals surface area contributed by atoms with Crippen LogP contribution in [0.15, 0.2) is 18.2 Å². The van der Waals surface area contributed by atoms with E-state index in [9.17, 15) is 9.59 Å². The molecule has 144 valence electrons. The van der Waals surface area contributed by atoms with E-state index in [1.807, 2.05) is 18.2 Å². The molecule has 1 unspecified atom stereocenters. The molecule has 2 rings (SSSR count). The second-order valence-electron chi connectivity index (χ2n) is 6.43. The Bertz CT molecular complexity index is 621. The number of rotatable bonds is 9. The number of ether oxygens (including phenoxy) is 2. The molecule has 1 aliphatic rings. The molecule has 1 aromatic rings. The summed E-state index contributed by atoms with van der Waals surface area (Å²) in [5, 5.41) is 6.18. The largest absolute Gasteiger partial charge is 0.493 e. The molecule has 1 heterocycles. The van der Waals surface area contributed by atoms with Gasteiger partial charge < -0.3 is 19.7 Å². The van der Waals surface area contributed by atoms with Gasteiger partial charge in [0, 0.05) is 19.0 Å². The molecule has 0 saturated carbocycles. The lowest BCUT2D eigenvalue weighted by atomic mass is 10.1. The fourth-order valence-corrected chi connectivity index (χ4v) is 3.05. The Balaban J connectivity index is 1.75. The minimum atomic E-state index is -0.144. The Hall–Kier alpha value is -2.28. The van der Waals surface area contributed by atoms with Crippen LogP contribution in [0.4, 0.5) is 0 Å². The number of nitrogens with one attached hydrogen (secondary N) is 2. The lowest BCUT2D eigenvalue weighted by Crippen LogP contribution is -2.53. The first-order chi connectivity index (χ1) is 12.6. The van der Waals surface area contributed by atoms with Crippen molar-refractivity contribution >= 4 is 11.8 Å². The van der Waals surface area contributed by atoms with Gasteiger partial charge in [0.25, 0.3) is 0 Å². The summed E-state index contributed by atoms with van der Waals surface area (Å²) in [6.07, 6.45) is 3.17. The van der Waals surface area contributed by atoms with Gasteiger partial charge in [-0.15, -0.1) is 0 Å². The molecule has 7 nitrogen and oxygen atoms in total. The fourth-order valence-electron chi connectivity index (χ4n) is 3.05. The molecule has 1 aromatic carbocycles. The Morgan fingerprint density at radius 3 is 2.73 bits per heavy atom. The van der Waals surface area contributed by atoms with Crippen molar-refractivity contribution in [2.24, 2.45) is 0 Å². The van der Waals surface area contributed by atoms with Crippen LogP contribution >= 0.6 is 0 Å². The van der Waals surface area contributed by atoms with E-state index in [0.717, 1.165) is 18.4 Å². The lowest BCUT2D eigenvalue weighted by molar-refractivity contribution is -0.139. The number of carbonyl (C=O) groups excluding carboxylic acids is 2. The molecule has 1 atom stereocenters. The first kappa shape index (κ1) is 20.0. The Kier molecular flexibility index (Phi) is 7.72. The van der Waals surface area contributed by atoms with Gasteiger partial charge in [0.15, 0.2) is 11.5 Å². The maximum absolute atomic E-state index is 12.1. The van der Waals surface area contributed by atoms with Crippen LogP contribution in [0.1, 0.15) is 31.7 Å². The first-order valence-electron chi connectivity index (χ1n) is 9.06. The molecule has 0 radical (unpaired) electrons. The number of carbonyl (C=O) groups is 2. The van der Waals surface area contributed by atoms with Crippen LogP contribution in [0.2, 0.25) is 0 Å². The molecule has 0 spiro atoms. The minimum Gasteiger partial charge on any atom is -0.493 e. The predicted octanol–water partition coefficient (Wildman–Crippen LogP) is 1.31. The highest BCUT2D eigenvalue weighted by Crippen LogP contribution is 2.27. The first-order valence-corrected chi connectivity index (χ1v) is 9.06. The Labute approximate surface area is 155 Å². The molecule has 2 amide bonds. The summed E-state index contributed by atoms with van der Waals surface area (Å²) in [5.74, 6) is 1.24. The molecule has 1 saturated heterocycles. The average Bonchev–Trinajstić information content (AvgIpc) is 2.64. The third-order valence-electron chi connectivity index (χ3n) is 4.50. The van der Waals surface area contributed by atoms with Crippen molar-refractivity contribution in [2.45, 2.75) is 38.6 Å². The van der Waals surface area contributed by atoms with E-state index in [0.29, 0.717) is 37.6 Å². The fraction of sp³-hybridized carbons (Fsp3) is 0.579. The number of nitrogens with zero attached hydrogens (tertiary/aromatic N) is 1. The lowest BCUT2D eigenvalue weighted by Gasteiger charge is -2.32. The summed E-state index contributed by atoms with van der Waals surface area (Å²) >= 11 is 0. The summed E-state index contributed by atoms with van der Waals surface area (Å²) in [7, 11) is 3.19. The number of hydrogen-bond acceptors (Lipinski definition) is 5. The monoisotopic (exact) mass is 363 g/mol. The summed E-state index contributed by atoms with van der Waals surface area (Å²) in [5.41, 5.74) is 1.04. The van der Waals surface area contributed by atoms with Crippen molar-refractivity contribution in [1.82, 2.24) is 15.5 Å². The van der Waals surface area contributed by atoms with Gasteiger partial charge in [0.1, 0.15) is 6.54 Å². The van der Waals surface area contributed by atoms with E-state index in [2.05, 4.69) is 17.6 Å². The molecule has 26 heavy (non-hydrogen) atoms. The van der Waals surface area contributed by atoms with Gasteiger partial charge in [-0.1, -0.05) is 19.4 Å². The summed E-state index contributed by atoms with van der Waals surface area (Å²) < 4.78 is 10.5. The maximum Gasteiger partial charge on any atom is 0.239 e. The molecule has 2 N–H and O–H groups in total. The quantitative estimate of drug-likeness (QED) is 0.692. The van der Waals surface area contributed by atoms with Crippen molar-refractivity contribution in [3.8, 4) is 11.5 Å². The van der Waals surface area contributed by atoms with Crippen LogP contribution in [-0.4, -0.2) is 56.7 Å². The van der Waals surface area contributed by atoms with Gasteiger partial charge in [0.05, 0.1) is 20.9 Å². The van der Waals surface area contributed by atoms with E-state index in [-0.39, 0.29) is 24.4 Å². The molecule has 1 aliphatic heterocycles. The van der Waals surface area contributed by atoms with Crippen molar-refractivity contribution in [3.63, 3.8) is 0 Å². The van der Waals surface area contributed by atoms with Crippen LogP contribution in [0.3, 0.4) is 0 Å². The van der Waals surface area contributed by atoms with Crippen LogP contribution in [0, 0.1) is 0 Å². The standard InChI is InChI=1S/C19H29N3O4/c1-4-5-15-11-19(24)22(13-21-15)12-18(23)20-9-8-14-6-7-16(25-2)17(10-14)26-3/h6-7,10,15,21H,4-5,8-9,11-13H2,1-3H3,(H,20,23). The molecule has 0 aromatic heterocycles. The van der Waals surface area contributed by atoms with Crippen molar-refractivity contribution in [2.75, 3.05) is 34.0 Å². The molecule has 0 bridgehead atoms. The van der Waals surface area contributed by atoms with E-state index < -0.39 is 0 Å². The molecule has 0 aliphatic carbocycles. The third-order valence-corrected chi connectivity index (χ3v) is 4.50. The second kappa shape index (κ2) is 10.0. The van der Waals surface area contributed by atoms with Gasteiger partial charge in [-0.05, 0) is 30.5 Å². The van der Waals surface area contributed by atoms with E-state index in [1.54, 1.807) is 19.1 Å². The molecule has 7 heteroatoms. The summed E-state index contributed by atoms with van der Waals surface area (Å²) in [6, 6.07) is 5.92. The third kappa shape index (κ3) is 5.62. The maximum atomic E-state index is 12.1. The van der Waals surface area contributed by atoms with E-state index in [4.69, 9.17) is 9.47 Å². The highest BCUT2D eigenvalue weighted by Gasteiger charge is 2.25. The second-order valence-corrected chi connectivity index (χ2v) is 6.43. The van der Waals surface area contributed by atoms with Crippen LogP contribution < -0.4 is 20.1 Å². The van der Waals surface area contributed by atoms with Gasteiger partial charge >= 0.3 is 0 Å². The van der Waals surface area contributed by atoms with Gasteiger partial charge in [0.2, 0.25) is 11.8 Å². The van der Waals surface area contributed by atoms with Crippen molar-refractivity contribution in [1.29, 1.82) is 0 Å². The van der Waals surface area contributed by atoms with Gasteiger partial charge in [-0.2, -0.15) is 0 Å². The molecule has 1 fully saturated rings. The molecular weight excluding hydrogens is 334 g/mol. The normalized spacial score (nSPS) is 17.1. The average molecular weight is 363 g/mol. The highest BCUT2D eigenvalue weighted by molar-refractivity contribution is 5.85. The number of methoxy groups -OCH3 is 2. The van der Waals surface area contributed by atoms with Crippen LogP contribution in [-0.2, 0) is 16.0 Å². The van der Waals surface area contributed by atoms with Gasteiger partial charge in [-0.3, -0.25) is 14.9 Å². The Morgan fingerprint density at radius 1 is 1.31 bits per heavy atom. The van der Waals surface area contributed by atoms with Gasteiger partial charge in [-0.25, -0.2) is 0 Å². The zero-order valence-electron chi connectivity index (χ0n) is 15.8. The number of hydrogen-bond donors (Lipinski definition) is 2. The predicted molar refractivity (Wildman–Crippen MR) is 99.3 cm³/mol.